The maximum absolute atomic E-state index is 11.6. The lowest BCUT2D eigenvalue weighted by molar-refractivity contribution is -0.139. The maximum Gasteiger partial charge on any atom is 0.320 e. The zero-order chi connectivity index (χ0) is 21.2. The van der Waals surface area contributed by atoms with Crippen molar-refractivity contribution in [1.29, 1.82) is 0 Å². The van der Waals surface area contributed by atoms with Gasteiger partial charge in [-0.3, -0.25) is 19.2 Å². The fraction of sp³-hybridized carbons (Fsp3) is 0.765. The molecule has 0 bridgehead atoms. The average molecular weight is 404 g/mol. The van der Waals surface area contributed by atoms with E-state index >= 15 is 0 Å². The summed E-state index contributed by atoms with van der Waals surface area (Å²) in [5.74, 6) is -1.58. The average Bonchev–Trinajstić information content (AvgIpc) is 2.67. The van der Waals surface area contributed by atoms with E-state index in [4.69, 9.17) is 14.6 Å². The van der Waals surface area contributed by atoms with Crippen molar-refractivity contribution in [2.45, 2.75) is 32.2 Å². The van der Waals surface area contributed by atoms with E-state index in [1.807, 2.05) is 0 Å². The summed E-state index contributed by atoms with van der Waals surface area (Å²) in [6.07, 6.45) is 0.722. The summed E-state index contributed by atoms with van der Waals surface area (Å²) in [6.45, 7) is 3.46. The fourth-order valence-corrected chi connectivity index (χ4v) is 1.98. The lowest BCUT2D eigenvalue weighted by Crippen LogP contribution is -2.36. The Kier molecular flexibility index (Phi) is 15.5. The lowest BCUT2D eigenvalue weighted by atomic mass is 10.1. The minimum atomic E-state index is -0.990. The van der Waals surface area contributed by atoms with Gasteiger partial charge in [0.1, 0.15) is 12.6 Å². The summed E-state index contributed by atoms with van der Waals surface area (Å²) >= 11 is 0. The maximum atomic E-state index is 11.6. The zero-order valence-electron chi connectivity index (χ0n) is 16.5. The van der Waals surface area contributed by atoms with Gasteiger partial charge in [0.05, 0.1) is 19.8 Å². The minimum Gasteiger partial charge on any atom is -0.480 e. The normalized spacial score (nSPS) is 11.5. The number of aliphatic carboxylic acids is 1. The van der Waals surface area contributed by atoms with Crippen molar-refractivity contribution in [1.82, 2.24) is 21.3 Å². The SMILES string of the molecule is CCC(=O)NCCNC(=O)COCCOCCNC(=O)CCC(NC)C(=O)O. The molecule has 0 rings (SSSR count). The molecule has 0 spiro atoms. The molecule has 1 atom stereocenters. The Labute approximate surface area is 164 Å². The third-order valence-corrected chi connectivity index (χ3v) is 3.57. The number of rotatable bonds is 17. The smallest absolute Gasteiger partial charge is 0.320 e. The molecule has 3 amide bonds. The summed E-state index contributed by atoms with van der Waals surface area (Å²) in [7, 11) is 1.53. The number of nitrogens with one attached hydrogen (secondary N) is 4. The second-order valence-corrected chi connectivity index (χ2v) is 5.79. The molecule has 11 nitrogen and oxygen atoms in total. The Hall–Kier alpha value is -2.24. The first kappa shape index (κ1) is 25.8. The Bertz CT molecular complexity index is 488. The van der Waals surface area contributed by atoms with Gasteiger partial charge in [-0.05, 0) is 13.5 Å². The zero-order valence-corrected chi connectivity index (χ0v) is 16.5. The van der Waals surface area contributed by atoms with E-state index in [1.54, 1.807) is 6.92 Å². The highest BCUT2D eigenvalue weighted by atomic mass is 16.5. The van der Waals surface area contributed by atoms with Crippen LogP contribution in [-0.4, -0.2) is 87.9 Å². The molecule has 0 aliphatic rings. The molecule has 0 fully saturated rings. The van der Waals surface area contributed by atoms with Crippen molar-refractivity contribution in [3.8, 4) is 0 Å². The summed E-state index contributed by atoms with van der Waals surface area (Å²) in [4.78, 5) is 44.8. The number of carbonyl (C=O) groups is 4. The van der Waals surface area contributed by atoms with E-state index < -0.39 is 12.0 Å². The quantitative estimate of drug-likeness (QED) is 0.178. The van der Waals surface area contributed by atoms with Gasteiger partial charge in [0.2, 0.25) is 17.7 Å². The van der Waals surface area contributed by atoms with Gasteiger partial charge in [-0.2, -0.15) is 0 Å². The van der Waals surface area contributed by atoms with E-state index in [0.29, 0.717) is 26.1 Å². The molecule has 5 N–H and O–H groups in total. The topological polar surface area (TPSA) is 155 Å². The predicted molar refractivity (Wildman–Crippen MR) is 101 cm³/mol. The number of carboxylic acids is 1. The molecule has 0 aromatic carbocycles. The summed E-state index contributed by atoms with van der Waals surface area (Å²) in [5, 5.41) is 19.4. The third kappa shape index (κ3) is 14.9. The predicted octanol–water partition coefficient (Wildman–Crippen LogP) is -1.77. The summed E-state index contributed by atoms with van der Waals surface area (Å²) in [5.41, 5.74) is 0. The van der Waals surface area contributed by atoms with Crippen molar-refractivity contribution in [2.24, 2.45) is 0 Å². The van der Waals surface area contributed by atoms with Crippen LogP contribution in [-0.2, 0) is 28.7 Å². The van der Waals surface area contributed by atoms with Gasteiger partial charge in [-0.25, -0.2) is 0 Å². The molecule has 0 saturated heterocycles. The third-order valence-electron chi connectivity index (χ3n) is 3.57. The van der Waals surface area contributed by atoms with Gasteiger partial charge >= 0.3 is 5.97 Å². The molecular weight excluding hydrogens is 372 g/mol. The highest BCUT2D eigenvalue weighted by Gasteiger charge is 2.15. The molecule has 162 valence electrons. The van der Waals surface area contributed by atoms with Crippen LogP contribution in [0, 0.1) is 0 Å². The Morgan fingerprint density at radius 2 is 1.46 bits per heavy atom. The van der Waals surface area contributed by atoms with Gasteiger partial charge in [-0.1, -0.05) is 6.92 Å². The van der Waals surface area contributed by atoms with Crippen LogP contribution in [0.5, 0.6) is 0 Å². The fourth-order valence-electron chi connectivity index (χ4n) is 1.98. The number of likely N-dealkylation sites (N-methyl/N-ethyl adjacent to an activating group) is 1. The summed E-state index contributed by atoms with van der Waals surface area (Å²) in [6, 6.07) is -0.744. The van der Waals surface area contributed by atoms with Gasteiger partial charge in [0.25, 0.3) is 0 Å². The molecule has 0 radical (unpaired) electrons. The van der Waals surface area contributed by atoms with Crippen molar-refractivity contribution >= 4 is 23.7 Å². The second kappa shape index (κ2) is 16.9. The minimum absolute atomic E-state index is 0.0683. The first-order valence-electron chi connectivity index (χ1n) is 9.26. The molecule has 0 aliphatic heterocycles. The number of hydrogen-bond donors (Lipinski definition) is 5. The lowest BCUT2D eigenvalue weighted by Gasteiger charge is -2.11. The van der Waals surface area contributed by atoms with Crippen LogP contribution < -0.4 is 21.3 Å². The number of carbonyl (C=O) groups excluding carboxylic acids is 3. The molecule has 0 aromatic heterocycles. The van der Waals surface area contributed by atoms with Crippen LogP contribution in [0.25, 0.3) is 0 Å². The Morgan fingerprint density at radius 3 is 2.07 bits per heavy atom. The van der Waals surface area contributed by atoms with Crippen molar-refractivity contribution < 1.29 is 33.8 Å². The molecule has 1 unspecified atom stereocenters. The molecule has 28 heavy (non-hydrogen) atoms. The largest absolute Gasteiger partial charge is 0.480 e. The monoisotopic (exact) mass is 404 g/mol. The van der Waals surface area contributed by atoms with E-state index in [-0.39, 0.29) is 57.0 Å². The molecule has 0 aromatic rings. The molecule has 11 heteroatoms. The Morgan fingerprint density at radius 1 is 0.857 bits per heavy atom. The van der Waals surface area contributed by atoms with Gasteiger partial charge in [0.15, 0.2) is 0 Å². The highest BCUT2D eigenvalue weighted by Crippen LogP contribution is 1.97. The van der Waals surface area contributed by atoms with Crippen LogP contribution in [0.2, 0.25) is 0 Å². The van der Waals surface area contributed by atoms with E-state index in [1.165, 1.54) is 7.05 Å². The molecule has 0 aliphatic carbocycles. The second-order valence-electron chi connectivity index (χ2n) is 5.79. The first-order valence-corrected chi connectivity index (χ1v) is 9.26. The standard InChI is InChI=1S/C17H32N4O7/c1-3-14(22)19-6-7-20-16(24)12-28-11-10-27-9-8-21-15(23)5-4-13(18-2)17(25)26/h13,18H,3-12H2,1-2H3,(H,19,22)(H,20,24)(H,21,23)(H,25,26). The van der Waals surface area contributed by atoms with Crippen LogP contribution in [0.1, 0.15) is 26.2 Å². The number of amides is 3. The highest BCUT2D eigenvalue weighted by molar-refractivity contribution is 5.78. The number of carboxylic acid groups (broad SMARTS) is 1. The Balaban J connectivity index is 3.47. The molecule has 0 heterocycles. The van der Waals surface area contributed by atoms with E-state index in [9.17, 15) is 19.2 Å². The van der Waals surface area contributed by atoms with E-state index in [2.05, 4.69) is 21.3 Å². The number of hydrogen-bond acceptors (Lipinski definition) is 7. The first-order chi connectivity index (χ1) is 13.4. The van der Waals surface area contributed by atoms with Crippen LogP contribution in [0.15, 0.2) is 0 Å². The van der Waals surface area contributed by atoms with Crippen LogP contribution in [0.3, 0.4) is 0 Å². The molecular formula is C17H32N4O7. The molecule has 0 saturated carbocycles. The van der Waals surface area contributed by atoms with Crippen molar-refractivity contribution in [3.05, 3.63) is 0 Å². The van der Waals surface area contributed by atoms with Gasteiger partial charge in [-0.15, -0.1) is 0 Å². The summed E-state index contributed by atoms with van der Waals surface area (Å²) < 4.78 is 10.4. The van der Waals surface area contributed by atoms with E-state index in [0.717, 1.165) is 0 Å². The van der Waals surface area contributed by atoms with Crippen LogP contribution in [0.4, 0.5) is 0 Å². The van der Waals surface area contributed by atoms with Gasteiger partial charge in [0, 0.05) is 32.5 Å². The van der Waals surface area contributed by atoms with Gasteiger partial charge < -0.3 is 35.8 Å². The van der Waals surface area contributed by atoms with Crippen molar-refractivity contribution in [3.63, 3.8) is 0 Å². The van der Waals surface area contributed by atoms with Crippen molar-refractivity contribution in [2.75, 3.05) is 53.1 Å². The van der Waals surface area contributed by atoms with Crippen LogP contribution >= 0.6 is 0 Å². The number of ether oxygens (including phenoxy) is 2.